The second-order valence-electron chi connectivity index (χ2n) is 3.27. The van der Waals surface area contributed by atoms with Crippen LogP contribution in [0.4, 0.5) is 0 Å². The molecule has 0 spiro atoms. The van der Waals surface area contributed by atoms with Gasteiger partial charge in [-0.3, -0.25) is 0 Å². The lowest BCUT2D eigenvalue weighted by atomic mass is 10.1. The lowest BCUT2D eigenvalue weighted by molar-refractivity contribution is 0.139. The monoisotopic (exact) mass is 130 g/mol. The quantitative estimate of drug-likeness (QED) is 0.594. The Hall–Kier alpha value is -0.0800. The van der Waals surface area contributed by atoms with E-state index in [1.807, 2.05) is 0 Å². The van der Waals surface area contributed by atoms with Gasteiger partial charge >= 0.3 is 0 Å². The summed E-state index contributed by atoms with van der Waals surface area (Å²) in [6, 6.07) is 0. The molecule has 0 amide bonds. The SMILES string of the molecule is COC1C(CO)C1(C)C. The number of aliphatic hydroxyl groups is 1. The molecule has 0 bridgehead atoms. The maximum atomic E-state index is 8.76. The standard InChI is InChI=1S/C7H14O2/c1-7(2)5(4-8)6(7)9-3/h5-6,8H,4H2,1-3H3. The van der Waals surface area contributed by atoms with Crippen molar-refractivity contribution >= 4 is 0 Å². The Labute approximate surface area is 55.8 Å². The average molecular weight is 130 g/mol. The summed E-state index contributed by atoms with van der Waals surface area (Å²) >= 11 is 0. The Balaban J connectivity index is 2.45. The summed E-state index contributed by atoms with van der Waals surface area (Å²) < 4.78 is 5.12. The van der Waals surface area contributed by atoms with Crippen molar-refractivity contribution in [3.8, 4) is 0 Å². The molecule has 0 aromatic heterocycles. The fraction of sp³-hybridized carbons (Fsp3) is 1.00. The van der Waals surface area contributed by atoms with Crippen LogP contribution in [-0.4, -0.2) is 24.9 Å². The fourth-order valence-corrected chi connectivity index (χ4v) is 1.49. The van der Waals surface area contributed by atoms with Crippen molar-refractivity contribution in [2.75, 3.05) is 13.7 Å². The van der Waals surface area contributed by atoms with Crippen LogP contribution < -0.4 is 0 Å². The van der Waals surface area contributed by atoms with Crippen LogP contribution in [0.5, 0.6) is 0 Å². The number of aliphatic hydroxyl groups excluding tert-OH is 1. The zero-order valence-corrected chi connectivity index (χ0v) is 6.22. The highest BCUT2D eigenvalue weighted by Crippen LogP contribution is 2.53. The molecule has 2 atom stereocenters. The van der Waals surface area contributed by atoms with Gasteiger partial charge in [-0.2, -0.15) is 0 Å². The van der Waals surface area contributed by atoms with Gasteiger partial charge in [0.15, 0.2) is 0 Å². The molecule has 2 unspecified atom stereocenters. The first-order valence-electron chi connectivity index (χ1n) is 3.28. The summed E-state index contributed by atoms with van der Waals surface area (Å²) in [6.45, 7) is 4.48. The van der Waals surface area contributed by atoms with Crippen LogP contribution >= 0.6 is 0 Å². The van der Waals surface area contributed by atoms with Gasteiger partial charge in [-0.05, 0) is 5.41 Å². The molecule has 54 valence electrons. The van der Waals surface area contributed by atoms with E-state index in [4.69, 9.17) is 9.84 Å². The first-order valence-corrected chi connectivity index (χ1v) is 3.28. The third-order valence-electron chi connectivity index (χ3n) is 2.40. The Morgan fingerprint density at radius 2 is 2.11 bits per heavy atom. The molecule has 0 heterocycles. The van der Waals surface area contributed by atoms with E-state index in [0.29, 0.717) is 5.92 Å². The van der Waals surface area contributed by atoms with E-state index >= 15 is 0 Å². The molecule has 0 aliphatic heterocycles. The summed E-state index contributed by atoms with van der Waals surface area (Å²) in [7, 11) is 1.70. The van der Waals surface area contributed by atoms with Gasteiger partial charge in [0.25, 0.3) is 0 Å². The molecule has 9 heavy (non-hydrogen) atoms. The smallest absolute Gasteiger partial charge is 0.0682 e. The predicted molar refractivity (Wildman–Crippen MR) is 35.2 cm³/mol. The van der Waals surface area contributed by atoms with Gasteiger partial charge in [0.05, 0.1) is 6.10 Å². The van der Waals surface area contributed by atoms with Crippen LogP contribution in [0.1, 0.15) is 13.8 Å². The molecule has 0 aromatic carbocycles. The first kappa shape index (κ1) is 7.03. The van der Waals surface area contributed by atoms with Crippen LogP contribution in [-0.2, 0) is 4.74 Å². The topological polar surface area (TPSA) is 29.5 Å². The van der Waals surface area contributed by atoms with Crippen molar-refractivity contribution in [3.63, 3.8) is 0 Å². The molecule has 1 aliphatic rings. The summed E-state index contributed by atoms with van der Waals surface area (Å²) in [5, 5.41) is 8.76. The number of hydrogen-bond donors (Lipinski definition) is 1. The van der Waals surface area contributed by atoms with Crippen molar-refractivity contribution in [2.45, 2.75) is 20.0 Å². The van der Waals surface area contributed by atoms with Gasteiger partial charge in [-0.1, -0.05) is 13.8 Å². The summed E-state index contributed by atoms with van der Waals surface area (Å²) in [5.74, 6) is 0.363. The molecule has 2 heteroatoms. The van der Waals surface area contributed by atoms with E-state index in [0.717, 1.165) is 0 Å². The molecule has 1 saturated carbocycles. The second-order valence-corrected chi connectivity index (χ2v) is 3.27. The minimum Gasteiger partial charge on any atom is -0.396 e. The Kier molecular flexibility index (Phi) is 1.53. The van der Waals surface area contributed by atoms with Crippen molar-refractivity contribution in [1.29, 1.82) is 0 Å². The maximum absolute atomic E-state index is 8.76. The first-order chi connectivity index (χ1) is 4.14. The van der Waals surface area contributed by atoms with Crippen LogP contribution in [0.15, 0.2) is 0 Å². The van der Waals surface area contributed by atoms with Gasteiger partial charge in [-0.25, -0.2) is 0 Å². The fourth-order valence-electron chi connectivity index (χ4n) is 1.49. The molecule has 1 fully saturated rings. The number of hydrogen-bond acceptors (Lipinski definition) is 2. The lowest BCUT2D eigenvalue weighted by Gasteiger charge is -1.97. The highest BCUT2D eigenvalue weighted by molar-refractivity contribution is 5.06. The van der Waals surface area contributed by atoms with E-state index < -0.39 is 0 Å². The molecule has 1 aliphatic carbocycles. The van der Waals surface area contributed by atoms with Crippen molar-refractivity contribution < 1.29 is 9.84 Å². The summed E-state index contributed by atoms with van der Waals surface area (Å²) in [6.07, 6.45) is 0.280. The Morgan fingerprint density at radius 3 is 2.22 bits per heavy atom. The molecule has 0 radical (unpaired) electrons. The van der Waals surface area contributed by atoms with Crippen molar-refractivity contribution in [2.24, 2.45) is 11.3 Å². The van der Waals surface area contributed by atoms with E-state index in [9.17, 15) is 0 Å². The molecule has 2 nitrogen and oxygen atoms in total. The van der Waals surface area contributed by atoms with Crippen molar-refractivity contribution in [3.05, 3.63) is 0 Å². The predicted octanol–water partition coefficient (Wildman–Crippen LogP) is 0.650. The Bertz CT molecular complexity index is 97.5. The largest absolute Gasteiger partial charge is 0.396 e. The molecular formula is C7H14O2. The van der Waals surface area contributed by atoms with Gasteiger partial charge in [0.2, 0.25) is 0 Å². The van der Waals surface area contributed by atoms with Crippen LogP contribution in [0.25, 0.3) is 0 Å². The minimum absolute atomic E-state index is 0.212. The number of ether oxygens (including phenoxy) is 1. The molecule has 1 N–H and O–H groups in total. The molecule has 0 aromatic rings. The number of methoxy groups -OCH3 is 1. The van der Waals surface area contributed by atoms with Gasteiger partial charge in [0, 0.05) is 19.6 Å². The summed E-state index contributed by atoms with van der Waals surface area (Å²) in [5.41, 5.74) is 0.212. The minimum atomic E-state index is 0.212. The third kappa shape index (κ3) is 0.864. The van der Waals surface area contributed by atoms with E-state index in [1.54, 1.807) is 7.11 Å². The van der Waals surface area contributed by atoms with E-state index in [2.05, 4.69) is 13.8 Å². The second kappa shape index (κ2) is 1.96. The van der Waals surface area contributed by atoms with Crippen molar-refractivity contribution in [1.82, 2.24) is 0 Å². The average Bonchev–Trinajstić information content (AvgIpc) is 2.32. The van der Waals surface area contributed by atoms with E-state index in [1.165, 1.54) is 0 Å². The number of rotatable bonds is 2. The maximum Gasteiger partial charge on any atom is 0.0682 e. The highest BCUT2D eigenvalue weighted by Gasteiger charge is 2.57. The van der Waals surface area contributed by atoms with Gasteiger partial charge in [0.1, 0.15) is 0 Å². The summed E-state index contributed by atoms with van der Waals surface area (Å²) in [4.78, 5) is 0. The van der Waals surface area contributed by atoms with Crippen LogP contribution in [0.2, 0.25) is 0 Å². The zero-order chi connectivity index (χ0) is 7.07. The van der Waals surface area contributed by atoms with Crippen LogP contribution in [0, 0.1) is 11.3 Å². The normalized spacial score (nSPS) is 38.7. The molecule has 0 saturated heterocycles. The zero-order valence-electron chi connectivity index (χ0n) is 6.22. The molecular weight excluding hydrogens is 116 g/mol. The van der Waals surface area contributed by atoms with Gasteiger partial charge < -0.3 is 9.84 Å². The van der Waals surface area contributed by atoms with Crippen LogP contribution in [0.3, 0.4) is 0 Å². The highest BCUT2D eigenvalue weighted by atomic mass is 16.5. The van der Waals surface area contributed by atoms with E-state index in [-0.39, 0.29) is 18.1 Å². The lowest BCUT2D eigenvalue weighted by Crippen LogP contribution is -1.96. The van der Waals surface area contributed by atoms with Gasteiger partial charge in [-0.15, -0.1) is 0 Å². The molecule has 1 rings (SSSR count). The Morgan fingerprint density at radius 1 is 1.56 bits per heavy atom. The third-order valence-corrected chi connectivity index (χ3v) is 2.40.